The fourth-order valence-corrected chi connectivity index (χ4v) is 5.30. The Morgan fingerprint density at radius 1 is 1.00 bits per heavy atom. The number of nitrogens with zero attached hydrogens (tertiary/aromatic N) is 1. The summed E-state index contributed by atoms with van der Waals surface area (Å²) in [6, 6.07) is 19.5. The van der Waals surface area contributed by atoms with Crippen LogP contribution >= 0.6 is 0 Å². The number of ether oxygens (including phenoxy) is 3. The Kier molecular flexibility index (Phi) is 8.10. The van der Waals surface area contributed by atoms with Gasteiger partial charge in [0, 0.05) is 18.5 Å². The standard InChI is InChI=1S/C33H35NO6/c1-4-6-16-39-27-15-12-23(19-28(27)38-5-2)30-29(31(35)24-13-14-26-25(18-24)17-21(3)40-26)32(36)33(37)34(30)20-22-10-8-7-9-11-22/h7-15,18-19,21,30,35H,4-6,16-17,20H2,1-3H3/b31-29+/t21-,30-/m1/s1. The summed E-state index contributed by atoms with van der Waals surface area (Å²) in [4.78, 5) is 28.5. The molecule has 1 saturated heterocycles. The SMILES string of the molecule is CCCCOc1ccc([C@@H]2/C(=C(\O)c3ccc4c(c3)C[C@@H](C)O4)C(=O)C(=O)N2Cc2ccccc2)cc1OCC. The molecular formula is C33H35NO6. The van der Waals surface area contributed by atoms with Crippen molar-refractivity contribution in [2.45, 2.75) is 58.7 Å². The van der Waals surface area contributed by atoms with Crippen LogP contribution in [0.2, 0.25) is 0 Å². The number of aliphatic hydroxyl groups is 1. The lowest BCUT2D eigenvalue weighted by Gasteiger charge is -2.26. The Morgan fingerprint density at radius 3 is 2.55 bits per heavy atom. The lowest BCUT2D eigenvalue weighted by Crippen LogP contribution is -2.29. The highest BCUT2D eigenvalue weighted by Gasteiger charge is 2.46. The van der Waals surface area contributed by atoms with Gasteiger partial charge in [0.15, 0.2) is 11.5 Å². The maximum atomic E-state index is 13.6. The van der Waals surface area contributed by atoms with E-state index < -0.39 is 17.7 Å². The third kappa shape index (κ3) is 5.41. The number of rotatable bonds is 10. The van der Waals surface area contributed by atoms with Crippen molar-refractivity contribution in [2.24, 2.45) is 0 Å². The van der Waals surface area contributed by atoms with E-state index in [0.29, 0.717) is 42.3 Å². The molecule has 40 heavy (non-hydrogen) atoms. The summed E-state index contributed by atoms with van der Waals surface area (Å²) in [5, 5.41) is 11.6. The summed E-state index contributed by atoms with van der Waals surface area (Å²) < 4.78 is 17.7. The minimum Gasteiger partial charge on any atom is -0.507 e. The van der Waals surface area contributed by atoms with E-state index in [0.717, 1.165) is 29.7 Å². The van der Waals surface area contributed by atoms with Gasteiger partial charge in [0.25, 0.3) is 11.7 Å². The molecule has 7 heteroatoms. The molecule has 1 fully saturated rings. The molecule has 1 N–H and O–H groups in total. The topological polar surface area (TPSA) is 85.3 Å². The largest absolute Gasteiger partial charge is 0.507 e. The number of carbonyl (C=O) groups is 2. The van der Waals surface area contributed by atoms with Gasteiger partial charge in [0.05, 0.1) is 24.8 Å². The van der Waals surface area contributed by atoms with Crippen LogP contribution in [-0.4, -0.2) is 41.0 Å². The van der Waals surface area contributed by atoms with E-state index in [4.69, 9.17) is 14.2 Å². The first kappa shape index (κ1) is 27.3. The smallest absolute Gasteiger partial charge is 0.295 e. The zero-order valence-corrected chi connectivity index (χ0v) is 23.2. The summed E-state index contributed by atoms with van der Waals surface area (Å²) >= 11 is 0. The van der Waals surface area contributed by atoms with Crippen LogP contribution in [0.15, 0.2) is 72.3 Å². The van der Waals surface area contributed by atoms with E-state index >= 15 is 0 Å². The van der Waals surface area contributed by atoms with Crippen molar-refractivity contribution in [1.82, 2.24) is 4.90 Å². The van der Waals surface area contributed by atoms with Gasteiger partial charge >= 0.3 is 0 Å². The molecule has 3 aromatic carbocycles. The molecule has 0 spiro atoms. The van der Waals surface area contributed by atoms with Gasteiger partial charge in [-0.1, -0.05) is 49.7 Å². The van der Waals surface area contributed by atoms with Crippen LogP contribution in [0.25, 0.3) is 5.76 Å². The van der Waals surface area contributed by atoms with E-state index in [1.54, 1.807) is 12.1 Å². The molecule has 0 aliphatic carbocycles. The molecule has 1 amide bonds. The van der Waals surface area contributed by atoms with Gasteiger partial charge < -0.3 is 24.2 Å². The number of benzene rings is 3. The van der Waals surface area contributed by atoms with Crippen molar-refractivity contribution in [3.8, 4) is 17.2 Å². The van der Waals surface area contributed by atoms with Crippen molar-refractivity contribution < 1.29 is 28.9 Å². The molecule has 2 aliphatic heterocycles. The van der Waals surface area contributed by atoms with Gasteiger partial charge in [-0.3, -0.25) is 9.59 Å². The Balaban J connectivity index is 1.61. The van der Waals surface area contributed by atoms with Crippen molar-refractivity contribution in [3.05, 3.63) is 94.6 Å². The van der Waals surface area contributed by atoms with Gasteiger partial charge in [0.1, 0.15) is 17.6 Å². The number of ketones is 1. The normalized spacial score (nSPS) is 19.4. The first-order chi connectivity index (χ1) is 19.4. The Hall–Kier alpha value is -4.26. The van der Waals surface area contributed by atoms with Crippen LogP contribution < -0.4 is 14.2 Å². The number of amides is 1. The Labute approximate surface area is 235 Å². The lowest BCUT2D eigenvalue weighted by molar-refractivity contribution is -0.140. The quantitative estimate of drug-likeness (QED) is 0.142. The Morgan fingerprint density at radius 2 is 1.80 bits per heavy atom. The second kappa shape index (κ2) is 11.9. The van der Waals surface area contributed by atoms with Crippen molar-refractivity contribution in [3.63, 3.8) is 0 Å². The van der Waals surface area contributed by atoms with E-state index in [2.05, 4.69) is 6.92 Å². The molecule has 0 bridgehead atoms. The summed E-state index contributed by atoms with van der Waals surface area (Å²) in [6.45, 7) is 7.17. The van der Waals surface area contributed by atoms with Crippen LogP contribution in [0.4, 0.5) is 0 Å². The summed E-state index contributed by atoms with van der Waals surface area (Å²) in [7, 11) is 0. The molecule has 0 saturated carbocycles. The number of Topliss-reactive ketones (excluding diaryl/α,β-unsaturated/α-hetero) is 1. The van der Waals surface area contributed by atoms with E-state index in [1.807, 2.05) is 68.4 Å². The van der Waals surface area contributed by atoms with Gasteiger partial charge in [-0.25, -0.2) is 0 Å². The summed E-state index contributed by atoms with van der Waals surface area (Å²) in [5.41, 5.74) is 3.01. The second-order valence-electron chi connectivity index (χ2n) is 10.2. The maximum absolute atomic E-state index is 13.6. The zero-order valence-electron chi connectivity index (χ0n) is 23.2. The summed E-state index contributed by atoms with van der Waals surface area (Å²) in [6.07, 6.45) is 2.66. The van der Waals surface area contributed by atoms with E-state index in [9.17, 15) is 14.7 Å². The van der Waals surface area contributed by atoms with Crippen molar-refractivity contribution in [1.29, 1.82) is 0 Å². The highest BCUT2D eigenvalue weighted by Crippen LogP contribution is 2.43. The number of carbonyl (C=O) groups excluding carboxylic acids is 2. The predicted molar refractivity (Wildman–Crippen MR) is 153 cm³/mol. The molecule has 0 radical (unpaired) electrons. The van der Waals surface area contributed by atoms with Gasteiger partial charge in [-0.15, -0.1) is 0 Å². The number of hydrogen-bond donors (Lipinski definition) is 1. The lowest BCUT2D eigenvalue weighted by atomic mass is 9.94. The van der Waals surface area contributed by atoms with Gasteiger partial charge in [-0.05, 0) is 67.3 Å². The van der Waals surface area contributed by atoms with Crippen LogP contribution in [0.1, 0.15) is 61.9 Å². The van der Waals surface area contributed by atoms with E-state index in [1.165, 1.54) is 4.90 Å². The van der Waals surface area contributed by atoms with Gasteiger partial charge in [0.2, 0.25) is 0 Å². The second-order valence-corrected chi connectivity index (χ2v) is 10.2. The first-order valence-corrected chi connectivity index (χ1v) is 13.9. The third-order valence-corrected chi connectivity index (χ3v) is 7.24. The molecular weight excluding hydrogens is 506 g/mol. The number of aliphatic hydroxyl groups excluding tert-OH is 1. The third-order valence-electron chi connectivity index (χ3n) is 7.24. The van der Waals surface area contributed by atoms with E-state index in [-0.39, 0.29) is 24.0 Å². The van der Waals surface area contributed by atoms with Crippen molar-refractivity contribution in [2.75, 3.05) is 13.2 Å². The number of hydrogen-bond acceptors (Lipinski definition) is 6. The van der Waals surface area contributed by atoms with Crippen LogP contribution in [-0.2, 0) is 22.6 Å². The minimum atomic E-state index is -0.812. The minimum absolute atomic E-state index is 0.0406. The number of unbranched alkanes of at least 4 members (excludes halogenated alkanes) is 1. The predicted octanol–water partition coefficient (Wildman–Crippen LogP) is 6.21. The maximum Gasteiger partial charge on any atom is 0.295 e. The molecule has 5 rings (SSSR count). The number of fused-ring (bicyclic) bond motifs is 1. The summed E-state index contributed by atoms with van der Waals surface area (Å²) in [5.74, 6) is 0.323. The molecule has 208 valence electrons. The molecule has 0 unspecified atom stereocenters. The monoisotopic (exact) mass is 541 g/mol. The highest BCUT2D eigenvalue weighted by atomic mass is 16.5. The fraction of sp³-hybridized carbons (Fsp3) is 0.333. The van der Waals surface area contributed by atoms with Crippen LogP contribution in [0, 0.1) is 0 Å². The van der Waals surface area contributed by atoms with Crippen LogP contribution in [0.3, 0.4) is 0 Å². The Bertz CT molecular complexity index is 1430. The molecule has 2 heterocycles. The molecule has 0 aromatic heterocycles. The zero-order chi connectivity index (χ0) is 28.2. The highest BCUT2D eigenvalue weighted by molar-refractivity contribution is 6.46. The molecule has 2 aliphatic rings. The first-order valence-electron chi connectivity index (χ1n) is 13.9. The fourth-order valence-electron chi connectivity index (χ4n) is 5.30. The average molecular weight is 542 g/mol. The van der Waals surface area contributed by atoms with Gasteiger partial charge in [-0.2, -0.15) is 0 Å². The van der Waals surface area contributed by atoms with Crippen LogP contribution in [0.5, 0.6) is 17.2 Å². The number of likely N-dealkylation sites (tertiary alicyclic amines) is 1. The molecule has 3 aromatic rings. The molecule has 7 nitrogen and oxygen atoms in total. The average Bonchev–Trinajstić information content (AvgIpc) is 3.45. The molecule has 2 atom stereocenters. The van der Waals surface area contributed by atoms with Crippen molar-refractivity contribution >= 4 is 17.4 Å².